The second-order valence-corrected chi connectivity index (χ2v) is 5.90. The van der Waals surface area contributed by atoms with E-state index in [0.29, 0.717) is 28.0 Å². The summed E-state index contributed by atoms with van der Waals surface area (Å²) in [5.41, 5.74) is 1.56. The third-order valence-electron chi connectivity index (χ3n) is 3.66. The molecule has 8 heteroatoms. The Labute approximate surface area is 161 Å². The van der Waals surface area contributed by atoms with Gasteiger partial charge in [-0.1, -0.05) is 11.6 Å². The van der Waals surface area contributed by atoms with Gasteiger partial charge in [0.15, 0.2) is 23.0 Å². The predicted molar refractivity (Wildman–Crippen MR) is 104 cm³/mol. The smallest absolute Gasteiger partial charge is 0.276 e. The van der Waals surface area contributed by atoms with E-state index < -0.39 is 0 Å². The van der Waals surface area contributed by atoms with Crippen LogP contribution in [0.25, 0.3) is 0 Å². The van der Waals surface area contributed by atoms with Gasteiger partial charge in [0.05, 0.1) is 14.2 Å². The molecule has 0 aliphatic heterocycles. The number of amides is 1. The van der Waals surface area contributed by atoms with Crippen LogP contribution >= 0.6 is 11.6 Å². The van der Waals surface area contributed by atoms with E-state index >= 15 is 0 Å². The fourth-order valence-electron chi connectivity index (χ4n) is 2.31. The molecule has 0 aliphatic rings. The first-order valence-corrected chi connectivity index (χ1v) is 8.36. The van der Waals surface area contributed by atoms with Crippen LogP contribution in [0.4, 0.5) is 17.2 Å². The topological polar surface area (TPSA) is 85.4 Å². The van der Waals surface area contributed by atoms with E-state index in [1.807, 2.05) is 12.1 Å². The van der Waals surface area contributed by atoms with E-state index in [2.05, 4.69) is 20.8 Å². The van der Waals surface area contributed by atoms with Crippen molar-refractivity contribution in [2.24, 2.45) is 0 Å². The summed E-state index contributed by atoms with van der Waals surface area (Å²) in [6, 6.07) is 15.5. The summed E-state index contributed by atoms with van der Waals surface area (Å²) in [4.78, 5) is 12.4. The summed E-state index contributed by atoms with van der Waals surface area (Å²) in [5.74, 6) is 1.23. The minimum Gasteiger partial charge on any atom is -0.493 e. The molecule has 2 N–H and O–H groups in total. The lowest BCUT2D eigenvalue weighted by molar-refractivity contribution is 0.102. The summed E-state index contributed by atoms with van der Waals surface area (Å²) >= 11 is 5.86. The molecule has 0 fully saturated rings. The molecule has 138 valence electrons. The van der Waals surface area contributed by atoms with Crippen LogP contribution < -0.4 is 20.1 Å². The van der Waals surface area contributed by atoms with Gasteiger partial charge in [0, 0.05) is 22.5 Å². The molecule has 3 aromatic rings. The maximum atomic E-state index is 12.4. The van der Waals surface area contributed by atoms with Gasteiger partial charge in [0.2, 0.25) is 0 Å². The van der Waals surface area contributed by atoms with Crippen molar-refractivity contribution in [1.29, 1.82) is 0 Å². The summed E-state index contributed by atoms with van der Waals surface area (Å²) in [6.07, 6.45) is 0. The average Bonchev–Trinajstić information content (AvgIpc) is 2.70. The van der Waals surface area contributed by atoms with Crippen molar-refractivity contribution < 1.29 is 14.3 Å². The zero-order valence-electron chi connectivity index (χ0n) is 14.7. The van der Waals surface area contributed by atoms with Crippen LogP contribution in [0.2, 0.25) is 5.02 Å². The van der Waals surface area contributed by atoms with Crippen molar-refractivity contribution in [2.45, 2.75) is 0 Å². The molecule has 0 saturated carbocycles. The van der Waals surface area contributed by atoms with E-state index in [1.54, 1.807) is 49.6 Å². The average molecular weight is 385 g/mol. The van der Waals surface area contributed by atoms with Gasteiger partial charge in [-0.25, -0.2) is 0 Å². The molecule has 7 nitrogen and oxygen atoms in total. The van der Waals surface area contributed by atoms with Gasteiger partial charge in [-0.05, 0) is 48.5 Å². The molecular formula is C19H17ClN4O3. The molecule has 0 unspecified atom stereocenters. The normalized spacial score (nSPS) is 10.2. The van der Waals surface area contributed by atoms with Crippen molar-refractivity contribution in [3.8, 4) is 11.5 Å². The molecule has 2 aromatic carbocycles. The van der Waals surface area contributed by atoms with E-state index in [4.69, 9.17) is 21.1 Å². The summed E-state index contributed by atoms with van der Waals surface area (Å²) in [5, 5.41) is 14.5. The van der Waals surface area contributed by atoms with Crippen molar-refractivity contribution >= 4 is 34.7 Å². The maximum absolute atomic E-state index is 12.4. The molecule has 0 spiro atoms. The lowest BCUT2D eigenvalue weighted by atomic mass is 10.2. The van der Waals surface area contributed by atoms with Crippen molar-refractivity contribution in [2.75, 3.05) is 24.9 Å². The van der Waals surface area contributed by atoms with Crippen LogP contribution in [0.3, 0.4) is 0 Å². The first-order valence-electron chi connectivity index (χ1n) is 7.99. The fraction of sp³-hybridized carbons (Fsp3) is 0.105. The lowest BCUT2D eigenvalue weighted by Crippen LogP contribution is -2.14. The molecule has 0 aliphatic carbocycles. The zero-order valence-corrected chi connectivity index (χ0v) is 15.4. The molecule has 0 bridgehead atoms. The highest BCUT2D eigenvalue weighted by Crippen LogP contribution is 2.29. The van der Waals surface area contributed by atoms with E-state index in [1.165, 1.54) is 7.11 Å². The number of halogens is 1. The number of aromatic nitrogens is 2. The highest BCUT2D eigenvalue weighted by atomic mass is 35.5. The highest BCUT2D eigenvalue weighted by Gasteiger charge is 2.11. The van der Waals surface area contributed by atoms with Crippen LogP contribution in [-0.4, -0.2) is 30.3 Å². The van der Waals surface area contributed by atoms with E-state index in [0.717, 1.165) is 5.69 Å². The second kappa shape index (κ2) is 8.37. The summed E-state index contributed by atoms with van der Waals surface area (Å²) < 4.78 is 10.4. The Bertz CT molecular complexity index is 931. The van der Waals surface area contributed by atoms with Gasteiger partial charge in [-0.2, -0.15) is 0 Å². The molecule has 0 saturated heterocycles. The monoisotopic (exact) mass is 384 g/mol. The predicted octanol–water partition coefficient (Wildman–Crippen LogP) is 4.14. The Morgan fingerprint density at radius 3 is 2.22 bits per heavy atom. The van der Waals surface area contributed by atoms with Crippen LogP contribution in [-0.2, 0) is 0 Å². The van der Waals surface area contributed by atoms with Crippen LogP contribution in [0.1, 0.15) is 10.5 Å². The van der Waals surface area contributed by atoms with Crippen LogP contribution in [0, 0.1) is 0 Å². The molecule has 3 rings (SSSR count). The number of hydrogen-bond acceptors (Lipinski definition) is 6. The van der Waals surface area contributed by atoms with Crippen molar-refractivity contribution in [3.05, 3.63) is 65.3 Å². The largest absolute Gasteiger partial charge is 0.493 e. The number of ether oxygens (including phenoxy) is 2. The third kappa shape index (κ3) is 4.65. The molecule has 27 heavy (non-hydrogen) atoms. The Morgan fingerprint density at radius 2 is 1.59 bits per heavy atom. The molecule has 0 radical (unpaired) electrons. The Morgan fingerprint density at radius 1 is 0.889 bits per heavy atom. The number of methoxy groups -OCH3 is 2. The number of nitrogens with one attached hydrogen (secondary N) is 2. The number of nitrogens with zero attached hydrogens (tertiary/aromatic N) is 2. The number of anilines is 3. The Balaban J connectivity index is 1.67. The first kappa shape index (κ1) is 18.5. The quantitative estimate of drug-likeness (QED) is 0.664. The summed E-state index contributed by atoms with van der Waals surface area (Å²) in [7, 11) is 3.08. The summed E-state index contributed by atoms with van der Waals surface area (Å²) in [6.45, 7) is 0. The number of rotatable bonds is 6. The van der Waals surface area contributed by atoms with Gasteiger partial charge >= 0.3 is 0 Å². The van der Waals surface area contributed by atoms with Crippen LogP contribution in [0.15, 0.2) is 54.6 Å². The van der Waals surface area contributed by atoms with E-state index in [9.17, 15) is 4.79 Å². The maximum Gasteiger partial charge on any atom is 0.276 e. The first-order chi connectivity index (χ1) is 13.1. The molecule has 0 atom stereocenters. The molecule has 1 amide bonds. The van der Waals surface area contributed by atoms with Gasteiger partial charge in [-0.15, -0.1) is 10.2 Å². The van der Waals surface area contributed by atoms with Gasteiger partial charge in [0.1, 0.15) is 0 Å². The molecular weight excluding hydrogens is 368 g/mol. The fourth-order valence-corrected chi connectivity index (χ4v) is 2.44. The van der Waals surface area contributed by atoms with E-state index in [-0.39, 0.29) is 11.6 Å². The number of benzene rings is 2. The zero-order chi connectivity index (χ0) is 19.2. The number of carbonyl (C=O) groups excluding carboxylic acids is 1. The second-order valence-electron chi connectivity index (χ2n) is 5.46. The van der Waals surface area contributed by atoms with Gasteiger partial charge in [-0.3, -0.25) is 4.79 Å². The van der Waals surface area contributed by atoms with Crippen molar-refractivity contribution in [1.82, 2.24) is 10.2 Å². The third-order valence-corrected chi connectivity index (χ3v) is 3.91. The SMILES string of the molecule is COc1ccc(NC(=O)c2ccc(Nc3ccc(Cl)cc3)nn2)cc1OC. The minimum absolute atomic E-state index is 0.187. The minimum atomic E-state index is -0.382. The Kier molecular flexibility index (Phi) is 5.73. The van der Waals surface area contributed by atoms with Gasteiger partial charge in [0.25, 0.3) is 5.91 Å². The molecule has 1 heterocycles. The standard InChI is InChI=1S/C19H17ClN4O3/c1-26-16-9-7-14(11-17(16)27-2)22-19(25)15-8-10-18(24-23-15)21-13-5-3-12(20)4-6-13/h3-11H,1-2H3,(H,21,24)(H,22,25). The van der Waals surface area contributed by atoms with Gasteiger partial charge < -0.3 is 20.1 Å². The number of hydrogen-bond donors (Lipinski definition) is 2. The highest BCUT2D eigenvalue weighted by molar-refractivity contribution is 6.30. The molecule has 1 aromatic heterocycles. The Hall–Kier alpha value is -3.32. The van der Waals surface area contributed by atoms with Crippen molar-refractivity contribution in [3.63, 3.8) is 0 Å². The number of carbonyl (C=O) groups is 1. The van der Waals surface area contributed by atoms with Crippen LogP contribution in [0.5, 0.6) is 11.5 Å². The lowest BCUT2D eigenvalue weighted by Gasteiger charge is -2.10.